The number of nitrogens with one attached hydrogen (secondary N) is 3. The van der Waals surface area contributed by atoms with Gasteiger partial charge in [0.25, 0.3) is 11.1 Å². The highest BCUT2D eigenvalue weighted by Gasteiger charge is 2.12. The van der Waals surface area contributed by atoms with Crippen LogP contribution < -0.4 is 16.4 Å². The van der Waals surface area contributed by atoms with E-state index in [9.17, 15) is 14.4 Å². The summed E-state index contributed by atoms with van der Waals surface area (Å²) in [5, 5.41) is 12.6. The van der Waals surface area contributed by atoms with Crippen LogP contribution in [0.1, 0.15) is 18.2 Å². The molecule has 0 aliphatic rings. The van der Waals surface area contributed by atoms with Crippen molar-refractivity contribution in [2.45, 2.75) is 26.4 Å². The molecule has 8 nitrogen and oxygen atoms in total. The number of nitrogens with zero attached hydrogens (tertiary/aromatic N) is 2. The topological polar surface area (TPSA) is 113 Å². The molecule has 0 radical (unpaired) electrons. The van der Waals surface area contributed by atoms with Crippen LogP contribution in [0.3, 0.4) is 0 Å². The van der Waals surface area contributed by atoms with Crippen molar-refractivity contribution in [3.63, 3.8) is 0 Å². The van der Waals surface area contributed by atoms with Crippen molar-refractivity contribution < 1.29 is 4.79 Å². The predicted octanol–water partition coefficient (Wildman–Crippen LogP) is 0.292. The van der Waals surface area contributed by atoms with E-state index in [1.807, 2.05) is 35.9 Å². The summed E-state index contributed by atoms with van der Waals surface area (Å²) < 4.78 is 1.87. The SMILES string of the molecule is CCn1nc(CNC(=O)Cc2cc(=O)[nH][nH]c2=O)c2ccccc21. The van der Waals surface area contributed by atoms with Gasteiger partial charge in [-0.2, -0.15) is 5.10 Å². The van der Waals surface area contributed by atoms with Gasteiger partial charge in [0.15, 0.2) is 0 Å². The molecule has 2 aromatic heterocycles. The van der Waals surface area contributed by atoms with Gasteiger partial charge >= 0.3 is 0 Å². The Labute approximate surface area is 136 Å². The van der Waals surface area contributed by atoms with Gasteiger partial charge in [-0.1, -0.05) is 18.2 Å². The molecule has 0 aliphatic carbocycles. The van der Waals surface area contributed by atoms with E-state index in [1.165, 1.54) is 0 Å². The number of rotatable bonds is 5. The Morgan fingerprint density at radius 1 is 1.25 bits per heavy atom. The molecule has 124 valence electrons. The predicted molar refractivity (Wildman–Crippen MR) is 88.6 cm³/mol. The number of benzene rings is 1. The summed E-state index contributed by atoms with van der Waals surface area (Å²) in [6.07, 6.45) is -0.161. The molecule has 0 saturated heterocycles. The number of para-hydroxylation sites is 1. The van der Waals surface area contributed by atoms with E-state index in [4.69, 9.17) is 0 Å². The van der Waals surface area contributed by atoms with Crippen LogP contribution in [0.5, 0.6) is 0 Å². The van der Waals surface area contributed by atoms with Crippen molar-refractivity contribution in [1.29, 1.82) is 0 Å². The first-order chi connectivity index (χ1) is 11.6. The second kappa shape index (κ2) is 6.53. The minimum absolute atomic E-state index is 0.125. The zero-order valence-electron chi connectivity index (χ0n) is 13.1. The standard InChI is InChI=1S/C16H17N5O3/c1-2-21-13-6-4-3-5-11(13)12(20-21)9-17-14(22)7-10-8-15(23)18-19-16(10)24/h3-6,8H,2,7,9H2,1H3,(H,17,22)(H,18,23)(H,19,24). The van der Waals surface area contributed by atoms with Crippen molar-refractivity contribution in [2.75, 3.05) is 0 Å². The number of carbonyl (C=O) groups is 1. The number of aryl methyl sites for hydroxylation is 1. The molecule has 1 aromatic carbocycles. The second-order valence-corrected chi connectivity index (χ2v) is 5.35. The number of aromatic nitrogens is 4. The Hall–Kier alpha value is -3.16. The summed E-state index contributed by atoms with van der Waals surface area (Å²) in [5.41, 5.74) is 0.964. The van der Waals surface area contributed by atoms with Gasteiger partial charge in [0, 0.05) is 23.6 Å². The van der Waals surface area contributed by atoms with Gasteiger partial charge in [-0.05, 0) is 13.0 Å². The van der Waals surface area contributed by atoms with Crippen LogP contribution in [0.25, 0.3) is 10.9 Å². The molecular formula is C16H17N5O3. The molecule has 3 aromatic rings. The second-order valence-electron chi connectivity index (χ2n) is 5.35. The lowest BCUT2D eigenvalue weighted by Crippen LogP contribution is -2.30. The van der Waals surface area contributed by atoms with Gasteiger partial charge in [-0.3, -0.25) is 29.3 Å². The van der Waals surface area contributed by atoms with Crippen molar-refractivity contribution >= 4 is 16.8 Å². The average Bonchev–Trinajstić information content (AvgIpc) is 2.94. The molecule has 0 atom stereocenters. The third kappa shape index (κ3) is 3.12. The molecule has 0 saturated carbocycles. The molecule has 8 heteroatoms. The minimum atomic E-state index is -0.481. The van der Waals surface area contributed by atoms with Gasteiger partial charge in [0.1, 0.15) is 0 Å². The van der Waals surface area contributed by atoms with Crippen LogP contribution in [-0.4, -0.2) is 25.9 Å². The lowest BCUT2D eigenvalue weighted by Gasteiger charge is -2.03. The fourth-order valence-corrected chi connectivity index (χ4v) is 2.58. The van der Waals surface area contributed by atoms with Gasteiger partial charge in [-0.15, -0.1) is 0 Å². The Morgan fingerprint density at radius 3 is 2.83 bits per heavy atom. The zero-order valence-corrected chi connectivity index (χ0v) is 13.1. The van der Waals surface area contributed by atoms with Gasteiger partial charge in [-0.25, -0.2) is 0 Å². The largest absolute Gasteiger partial charge is 0.350 e. The molecular weight excluding hydrogens is 310 g/mol. The van der Waals surface area contributed by atoms with Crippen molar-refractivity contribution in [3.05, 3.63) is 62.3 Å². The Bertz CT molecular complexity index is 999. The average molecular weight is 327 g/mol. The number of aromatic amines is 2. The first-order valence-corrected chi connectivity index (χ1v) is 7.60. The monoisotopic (exact) mass is 327 g/mol. The molecule has 0 unspecified atom stereocenters. The number of hydrogen-bond donors (Lipinski definition) is 3. The summed E-state index contributed by atoms with van der Waals surface area (Å²) in [6.45, 7) is 2.99. The smallest absolute Gasteiger partial charge is 0.266 e. The normalized spacial score (nSPS) is 10.9. The highest BCUT2D eigenvalue weighted by atomic mass is 16.2. The Kier molecular flexibility index (Phi) is 4.28. The molecule has 0 aliphatic heterocycles. The van der Waals surface area contributed by atoms with Crippen molar-refractivity contribution in [3.8, 4) is 0 Å². The molecule has 1 amide bonds. The third-order valence-electron chi connectivity index (χ3n) is 3.73. The molecule has 0 bridgehead atoms. The van der Waals surface area contributed by atoms with Crippen molar-refractivity contribution in [1.82, 2.24) is 25.3 Å². The highest BCUT2D eigenvalue weighted by Crippen LogP contribution is 2.18. The summed E-state index contributed by atoms with van der Waals surface area (Å²) in [6, 6.07) is 8.92. The summed E-state index contributed by atoms with van der Waals surface area (Å²) >= 11 is 0. The number of hydrogen-bond acceptors (Lipinski definition) is 4. The fraction of sp³-hybridized carbons (Fsp3) is 0.250. The minimum Gasteiger partial charge on any atom is -0.350 e. The summed E-state index contributed by atoms with van der Waals surface area (Å²) in [4.78, 5) is 34.8. The molecule has 3 rings (SSSR count). The first kappa shape index (κ1) is 15.7. The molecule has 2 heterocycles. The summed E-state index contributed by atoms with van der Waals surface area (Å²) in [7, 11) is 0. The third-order valence-corrected chi connectivity index (χ3v) is 3.73. The maximum Gasteiger partial charge on any atom is 0.266 e. The van der Waals surface area contributed by atoms with E-state index in [2.05, 4.69) is 20.6 Å². The van der Waals surface area contributed by atoms with E-state index in [0.29, 0.717) is 0 Å². The maximum absolute atomic E-state index is 12.1. The van der Waals surface area contributed by atoms with E-state index < -0.39 is 11.1 Å². The van der Waals surface area contributed by atoms with Gasteiger partial charge < -0.3 is 5.32 Å². The van der Waals surface area contributed by atoms with Gasteiger partial charge in [0.2, 0.25) is 5.91 Å². The van der Waals surface area contributed by atoms with Crippen molar-refractivity contribution in [2.24, 2.45) is 0 Å². The quantitative estimate of drug-likeness (QED) is 0.625. The maximum atomic E-state index is 12.1. The highest BCUT2D eigenvalue weighted by molar-refractivity contribution is 5.83. The molecule has 0 fully saturated rings. The lowest BCUT2D eigenvalue weighted by atomic mass is 10.2. The Morgan fingerprint density at radius 2 is 2.04 bits per heavy atom. The number of H-pyrrole nitrogens is 2. The van der Waals surface area contributed by atoms with Crippen LogP contribution in [0.2, 0.25) is 0 Å². The molecule has 24 heavy (non-hydrogen) atoms. The first-order valence-electron chi connectivity index (χ1n) is 7.60. The molecule has 0 spiro atoms. The number of fused-ring (bicyclic) bond motifs is 1. The zero-order chi connectivity index (χ0) is 17.1. The van der Waals surface area contributed by atoms with Crippen LogP contribution in [0, 0.1) is 0 Å². The van der Waals surface area contributed by atoms with Gasteiger partial charge in [0.05, 0.1) is 24.2 Å². The van der Waals surface area contributed by atoms with E-state index in [0.717, 1.165) is 29.2 Å². The van der Waals surface area contributed by atoms with Crippen LogP contribution >= 0.6 is 0 Å². The fourth-order valence-electron chi connectivity index (χ4n) is 2.58. The van der Waals surface area contributed by atoms with Crippen LogP contribution in [-0.2, 0) is 24.3 Å². The number of amides is 1. The van der Waals surface area contributed by atoms with E-state index in [-0.39, 0.29) is 24.4 Å². The van der Waals surface area contributed by atoms with E-state index in [1.54, 1.807) is 0 Å². The summed E-state index contributed by atoms with van der Waals surface area (Å²) in [5.74, 6) is -0.346. The number of carbonyl (C=O) groups excluding carboxylic acids is 1. The Balaban J connectivity index is 1.74. The van der Waals surface area contributed by atoms with Crippen LogP contribution in [0.4, 0.5) is 0 Å². The van der Waals surface area contributed by atoms with E-state index >= 15 is 0 Å². The molecule has 3 N–H and O–H groups in total. The van der Waals surface area contributed by atoms with Crippen LogP contribution in [0.15, 0.2) is 39.9 Å². The lowest BCUT2D eigenvalue weighted by molar-refractivity contribution is -0.120.